The van der Waals surface area contributed by atoms with Crippen molar-refractivity contribution in [1.82, 2.24) is 9.62 Å². The van der Waals surface area contributed by atoms with Gasteiger partial charge in [-0.2, -0.15) is 4.31 Å². The summed E-state index contributed by atoms with van der Waals surface area (Å²) in [5.74, 6) is 0.691. The first-order valence-corrected chi connectivity index (χ1v) is 8.41. The van der Waals surface area contributed by atoms with Crippen molar-refractivity contribution in [2.24, 2.45) is 0 Å². The SMILES string of the molecule is CCOc1ccc(S(=O)(=O)N(C)C2CCNCC2)cc1.Cl. The van der Waals surface area contributed by atoms with Crippen LogP contribution < -0.4 is 10.1 Å². The second-order valence-electron chi connectivity index (χ2n) is 4.91. The number of nitrogens with zero attached hydrogens (tertiary/aromatic N) is 1. The molecule has 0 saturated carbocycles. The van der Waals surface area contributed by atoms with Crippen LogP contribution in [0.4, 0.5) is 0 Å². The number of halogens is 1. The molecule has 1 aromatic rings. The van der Waals surface area contributed by atoms with E-state index < -0.39 is 10.0 Å². The van der Waals surface area contributed by atoms with Gasteiger partial charge in [0.2, 0.25) is 10.0 Å². The van der Waals surface area contributed by atoms with E-state index in [-0.39, 0.29) is 18.4 Å². The third-order valence-corrected chi connectivity index (χ3v) is 5.56. The Labute approximate surface area is 133 Å². The molecule has 0 radical (unpaired) electrons. The predicted molar refractivity (Wildman–Crippen MR) is 85.7 cm³/mol. The zero-order valence-corrected chi connectivity index (χ0v) is 14.0. The molecule has 0 atom stereocenters. The Morgan fingerprint density at radius 3 is 2.33 bits per heavy atom. The first-order valence-electron chi connectivity index (χ1n) is 6.97. The van der Waals surface area contributed by atoms with Crippen LogP contribution >= 0.6 is 12.4 Å². The Morgan fingerprint density at radius 2 is 1.81 bits per heavy atom. The highest BCUT2D eigenvalue weighted by molar-refractivity contribution is 7.89. The molecule has 1 aromatic carbocycles. The standard InChI is InChI=1S/C14H22N2O3S.ClH/c1-3-19-13-4-6-14(7-5-13)20(17,18)16(2)12-8-10-15-11-9-12;/h4-7,12,15H,3,8-11H2,1-2H3;1H. The maximum atomic E-state index is 12.6. The second kappa shape index (κ2) is 7.98. The van der Waals surface area contributed by atoms with E-state index in [9.17, 15) is 8.42 Å². The van der Waals surface area contributed by atoms with Gasteiger partial charge in [0, 0.05) is 13.1 Å². The van der Waals surface area contributed by atoms with E-state index in [0.717, 1.165) is 25.9 Å². The van der Waals surface area contributed by atoms with Gasteiger partial charge in [-0.3, -0.25) is 0 Å². The Hall–Kier alpha value is -0.820. The summed E-state index contributed by atoms with van der Waals surface area (Å²) in [6.07, 6.45) is 1.71. The number of nitrogens with one attached hydrogen (secondary N) is 1. The number of benzene rings is 1. The van der Waals surface area contributed by atoms with Crippen LogP contribution in [-0.2, 0) is 10.0 Å². The molecule has 2 rings (SSSR count). The normalized spacial score (nSPS) is 16.5. The van der Waals surface area contributed by atoms with Crippen molar-refractivity contribution in [2.45, 2.75) is 30.7 Å². The van der Waals surface area contributed by atoms with E-state index in [2.05, 4.69) is 5.32 Å². The summed E-state index contributed by atoms with van der Waals surface area (Å²) >= 11 is 0. The minimum absolute atomic E-state index is 0. The maximum Gasteiger partial charge on any atom is 0.243 e. The molecule has 1 N–H and O–H groups in total. The lowest BCUT2D eigenvalue weighted by Gasteiger charge is -2.30. The maximum absolute atomic E-state index is 12.6. The van der Waals surface area contributed by atoms with Gasteiger partial charge in [0.15, 0.2) is 0 Å². The van der Waals surface area contributed by atoms with Crippen LogP contribution in [0.1, 0.15) is 19.8 Å². The topological polar surface area (TPSA) is 58.6 Å². The molecular formula is C14H23ClN2O3S. The molecule has 0 spiro atoms. The van der Waals surface area contributed by atoms with Gasteiger partial charge in [0.25, 0.3) is 0 Å². The molecular weight excluding hydrogens is 312 g/mol. The van der Waals surface area contributed by atoms with Crippen LogP contribution in [0.3, 0.4) is 0 Å². The van der Waals surface area contributed by atoms with Crippen LogP contribution in [0, 0.1) is 0 Å². The van der Waals surface area contributed by atoms with Gasteiger partial charge in [0.1, 0.15) is 5.75 Å². The Kier molecular flexibility index (Phi) is 6.93. The highest BCUT2D eigenvalue weighted by atomic mass is 35.5. The molecule has 1 aliphatic rings. The fourth-order valence-electron chi connectivity index (χ4n) is 2.41. The van der Waals surface area contributed by atoms with Crippen LogP contribution in [0.2, 0.25) is 0 Å². The van der Waals surface area contributed by atoms with Gasteiger partial charge in [-0.05, 0) is 57.1 Å². The average Bonchev–Trinajstić information content (AvgIpc) is 2.48. The molecule has 0 aromatic heterocycles. The van der Waals surface area contributed by atoms with Gasteiger partial charge < -0.3 is 10.1 Å². The quantitative estimate of drug-likeness (QED) is 0.893. The zero-order valence-electron chi connectivity index (χ0n) is 12.4. The lowest BCUT2D eigenvalue weighted by atomic mass is 10.1. The van der Waals surface area contributed by atoms with E-state index >= 15 is 0 Å². The molecule has 5 nitrogen and oxygen atoms in total. The van der Waals surface area contributed by atoms with Gasteiger partial charge in [-0.25, -0.2) is 8.42 Å². The third kappa shape index (κ3) is 4.32. The van der Waals surface area contributed by atoms with E-state index in [4.69, 9.17) is 4.74 Å². The van der Waals surface area contributed by atoms with E-state index in [0.29, 0.717) is 17.3 Å². The fourth-order valence-corrected chi connectivity index (χ4v) is 3.82. The van der Waals surface area contributed by atoms with Crippen LogP contribution in [0.5, 0.6) is 5.75 Å². The molecule has 1 aliphatic heterocycles. The predicted octanol–water partition coefficient (Wildman–Crippen LogP) is 1.88. The van der Waals surface area contributed by atoms with Crippen LogP contribution in [0.15, 0.2) is 29.2 Å². The van der Waals surface area contributed by atoms with Gasteiger partial charge in [-0.1, -0.05) is 0 Å². The van der Waals surface area contributed by atoms with Gasteiger partial charge >= 0.3 is 0 Å². The highest BCUT2D eigenvalue weighted by Gasteiger charge is 2.28. The summed E-state index contributed by atoms with van der Waals surface area (Å²) in [4.78, 5) is 0.321. The molecule has 0 unspecified atom stereocenters. The van der Waals surface area contributed by atoms with Crippen molar-refractivity contribution >= 4 is 22.4 Å². The molecule has 120 valence electrons. The molecule has 0 aliphatic carbocycles. The zero-order chi connectivity index (χ0) is 14.6. The second-order valence-corrected chi connectivity index (χ2v) is 6.90. The van der Waals surface area contributed by atoms with Crippen molar-refractivity contribution in [3.8, 4) is 5.75 Å². The molecule has 1 saturated heterocycles. The molecule has 7 heteroatoms. The minimum Gasteiger partial charge on any atom is -0.494 e. The summed E-state index contributed by atoms with van der Waals surface area (Å²) in [5.41, 5.74) is 0. The number of hydrogen-bond donors (Lipinski definition) is 1. The Morgan fingerprint density at radius 1 is 1.24 bits per heavy atom. The summed E-state index contributed by atoms with van der Waals surface area (Å²) in [6, 6.07) is 6.70. The van der Waals surface area contributed by atoms with Crippen molar-refractivity contribution in [3.05, 3.63) is 24.3 Å². The number of ether oxygens (including phenoxy) is 1. The largest absolute Gasteiger partial charge is 0.494 e. The van der Waals surface area contributed by atoms with Crippen LogP contribution in [0.25, 0.3) is 0 Å². The van der Waals surface area contributed by atoms with Crippen molar-refractivity contribution in [3.63, 3.8) is 0 Å². The average molecular weight is 335 g/mol. The Balaban J connectivity index is 0.00000220. The van der Waals surface area contributed by atoms with Gasteiger partial charge in [-0.15, -0.1) is 12.4 Å². The monoisotopic (exact) mass is 334 g/mol. The minimum atomic E-state index is -3.42. The van der Waals surface area contributed by atoms with E-state index in [1.54, 1.807) is 31.3 Å². The summed E-state index contributed by atoms with van der Waals surface area (Å²) < 4.78 is 32.0. The van der Waals surface area contributed by atoms with E-state index in [1.165, 1.54) is 4.31 Å². The lowest BCUT2D eigenvalue weighted by Crippen LogP contribution is -2.43. The lowest BCUT2D eigenvalue weighted by molar-refractivity contribution is 0.296. The number of hydrogen-bond acceptors (Lipinski definition) is 4. The van der Waals surface area contributed by atoms with Crippen LogP contribution in [-0.4, -0.2) is 45.5 Å². The third-order valence-electron chi connectivity index (χ3n) is 3.63. The van der Waals surface area contributed by atoms with Crippen molar-refractivity contribution < 1.29 is 13.2 Å². The van der Waals surface area contributed by atoms with E-state index in [1.807, 2.05) is 6.92 Å². The summed E-state index contributed by atoms with van der Waals surface area (Å²) in [5, 5.41) is 3.24. The highest BCUT2D eigenvalue weighted by Crippen LogP contribution is 2.22. The molecule has 0 bridgehead atoms. The Bertz CT molecular complexity index is 528. The first kappa shape index (κ1) is 18.2. The molecule has 0 amide bonds. The number of sulfonamides is 1. The number of rotatable bonds is 5. The number of piperidine rings is 1. The van der Waals surface area contributed by atoms with Crippen molar-refractivity contribution in [1.29, 1.82) is 0 Å². The summed E-state index contributed by atoms with van der Waals surface area (Å²) in [6.45, 7) is 4.21. The first-order chi connectivity index (χ1) is 9.55. The smallest absolute Gasteiger partial charge is 0.243 e. The fraction of sp³-hybridized carbons (Fsp3) is 0.571. The summed E-state index contributed by atoms with van der Waals surface area (Å²) in [7, 11) is -1.75. The molecule has 21 heavy (non-hydrogen) atoms. The molecule has 1 fully saturated rings. The van der Waals surface area contributed by atoms with Crippen molar-refractivity contribution in [2.75, 3.05) is 26.7 Å². The van der Waals surface area contributed by atoms with Gasteiger partial charge in [0.05, 0.1) is 11.5 Å². The molecule has 1 heterocycles.